The fourth-order valence-corrected chi connectivity index (χ4v) is 4.13. The first-order valence-electron chi connectivity index (χ1n) is 10.5. The molecule has 0 aliphatic carbocycles. The van der Waals surface area contributed by atoms with Gasteiger partial charge in [0.15, 0.2) is 5.76 Å². The summed E-state index contributed by atoms with van der Waals surface area (Å²) in [6.07, 6.45) is 4.45. The molecule has 0 unspecified atom stereocenters. The number of carbonyl (C=O) groups is 2. The number of furan rings is 1. The fraction of sp³-hybridized carbons (Fsp3) is 0.0833. The second kappa shape index (κ2) is 10.6. The first-order valence-corrected chi connectivity index (χ1v) is 12.0. The maximum atomic E-state index is 13.0. The summed E-state index contributed by atoms with van der Waals surface area (Å²) in [5, 5.41) is 5.40. The Kier molecular flexibility index (Phi) is 7.17. The van der Waals surface area contributed by atoms with Crippen molar-refractivity contribution in [3.05, 3.63) is 103 Å². The Morgan fingerprint density at radius 2 is 1.60 bits per heavy atom. The van der Waals surface area contributed by atoms with Gasteiger partial charge in [0.25, 0.3) is 15.9 Å². The predicted octanol–water partition coefficient (Wildman–Crippen LogP) is 2.85. The highest BCUT2D eigenvalue weighted by atomic mass is 32.2. The van der Waals surface area contributed by atoms with Crippen LogP contribution in [0.25, 0.3) is 0 Å². The number of nitrogens with one attached hydrogen (secondary N) is 3. The summed E-state index contributed by atoms with van der Waals surface area (Å²) in [5.41, 5.74) is 1.21. The van der Waals surface area contributed by atoms with Crippen molar-refractivity contribution >= 4 is 33.5 Å². The number of aromatic nitrogens is 2. The van der Waals surface area contributed by atoms with E-state index < -0.39 is 27.9 Å². The summed E-state index contributed by atoms with van der Waals surface area (Å²) < 4.78 is 32.5. The van der Waals surface area contributed by atoms with Crippen molar-refractivity contribution in [1.29, 1.82) is 0 Å². The standard InChI is InChI=1S/C24H21N5O5S/c30-22(20(16-17-6-2-1-3-7-17)28-23(31)21-8-4-15-34-21)27-18-9-11-19(12-10-18)35(32,33)29-24-25-13-5-14-26-24/h1-15,20H,16H2,(H,27,30)(H,28,31)(H,25,26,29)/t20-/m1/s1. The lowest BCUT2D eigenvalue weighted by Crippen LogP contribution is -2.45. The highest BCUT2D eigenvalue weighted by molar-refractivity contribution is 7.92. The minimum Gasteiger partial charge on any atom is -0.459 e. The van der Waals surface area contributed by atoms with Crippen molar-refractivity contribution in [1.82, 2.24) is 15.3 Å². The molecule has 0 spiro atoms. The predicted molar refractivity (Wildman–Crippen MR) is 128 cm³/mol. The van der Waals surface area contributed by atoms with Gasteiger partial charge in [0.1, 0.15) is 6.04 Å². The van der Waals surface area contributed by atoms with E-state index in [2.05, 4.69) is 25.3 Å². The topological polar surface area (TPSA) is 143 Å². The number of carbonyl (C=O) groups excluding carboxylic acids is 2. The van der Waals surface area contributed by atoms with E-state index in [9.17, 15) is 18.0 Å². The van der Waals surface area contributed by atoms with E-state index in [1.165, 1.54) is 49.0 Å². The van der Waals surface area contributed by atoms with Crippen molar-refractivity contribution in [2.24, 2.45) is 0 Å². The van der Waals surface area contributed by atoms with Crippen molar-refractivity contribution < 1.29 is 22.4 Å². The third kappa shape index (κ3) is 6.30. The SMILES string of the molecule is O=C(N[C@H](Cc1ccccc1)C(=O)Nc1ccc(S(=O)(=O)Nc2ncccn2)cc1)c1ccco1. The van der Waals surface area contributed by atoms with Crippen LogP contribution >= 0.6 is 0 Å². The zero-order valence-corrected chi connectivity index (χ0v) is 19.1. The van der Waals surface area contributed by atoms with E-state index in [-0.39, 0.29) is 23.0 Å². The van der Waals surface area contributed by atoms with E-state index in [0.29, 0.717) is 5.69 Å². The van der Waals surface area contributed by atoms with Crippen molar-refractivity contribution in [3.8, 4) is 0 Å². The van der Waals surface area contributed by atoms with Crippen LogP contribution in [0.5, 0.6) is 0 Å². The Bertz CT molecular complexity index is 1380. The summed E-state index contributed by atoms with van der Waals surface area (Å²) in [6.45, 7) is 0. The van der Waals surface area contributed by atoms with Crippen LogP contribution in [0, 0.1) is 0 Å². The van der Waals surface area contributed by atoms with Crippen LogP contribution in [0.4, 0.5) is 11.6 Å². The fourth-order valence-electron chi connectivity index (χ4n) is 3.17. The molecule has 10 nitrogen and oxygen atoms in total. The molecular formula is C24H21N5O5S. The van der Waals surface area contributed by atoms with Gasteiger partial charge in [-0.1, -0.05) is 30.3 Å². The Labute approximate surface area is 201 Å². The van der Waals surface area contributed by atoms with E-state index in [1.807, 2.05) is 30.3 Å². The molecule has 4 aromatic rings. The molecule has 0 saturated heterocycles. The van der Waals surface area contributed by atoms with E-state index >= 15 is 0 Å². The molecule has 0 bridgehead atoms. The van der Waals surface area contributed by atoms with Gasteiger partial charge in [-0.15, -0.1) is 0 Å². The average Bonchev–Trinajstić information content (AvgIpc) is 3.40. The Morgan fingerprint density at radius 1 is 0.886 bits per heavy atom. The van der Waals surface area contributed by atoms with Gasteiger partial charge in [0.05, 0.1) is 11.2 Å². The van der Waals surface area contributed by atoms with Crippen LogP contribution < -0.4 is 15.4 Å². The number of nitrogens with zero attached hydrogens (tertiary/aromatic N) is 2. The van der Waals surface area contributed by atoms with Crippen LogP contribution in [0.2, 0.25) is 0 Å². The monoisotopic (exact) mass is 491 g/mol. The summed E-state index contributed by atoms with van der Waals surface area (Å²) in [6, 6.07) is 18.6. The highest BCUT2D eigenvalue weighted by Crippen LogP contribution is 2.17. The van der Waals surface area contributed by atoms with Crippen LogP contribution in [0.1, 0.15) is 16.1 Å². The van der Waals surface area contributed by atoms with Crippen molar-refractivity contribution in [2.45, 2.75) is 17.4 Å². The molecule has 2 amide bonds. The summed E-state index contributed by atoms with van der Waals surface area (Å²) in [5.74, 6) is -0.969. The van der Waals surface area contributed by atoms with Gasteiger partial charge in [-0.3, -0.25) is 9.59 Å². The minimum atomic E-state index is -3.91. The Morgan fingerprint density at radius 3 is 2.26 bits per heavy atom. The van der Waals surface area contributed by atoms with Crippen molar-refractivity contribution in [3.63, 3.8) is 0 Å². The van der Waals surface area contributed by atoms with Gasteiger partial charge < -0.3 is 15.1 Å². The Balaban J connectivity index is 1.47. The number of amides is 2. The molecule has 1 atom stereocenters. The normalized spacial score (nSPS) is 11.9. The first-order chi connectivity index (χ1) is 16.9. The number of benzene rings is 2. The second-order valence-corrected chi connectivity index (χ2v) is 9.07. The number of rotatable bonds is 9. The molecule has 0 aliphatic heterocycles. The maximum Gasteiger partial charge on any atom is 0.287 e. The zero-order chi connectivity index (χ0) is 24.7. The molecular weight excluding hydrogens is 470 g/mol. The third-order valence-corrected chi connectivity index (χ3v) is 6.22. The molecule has 2 heterocycles. The second-order valence-electron chi connectivity index (χ2n) is 7.38. The summed E-state index contributed by atoms with van der Waals surface area (Å²) in [7, 11) is -3.91. The molecule has 0 fully saturated rings. The lowest BCUT2D eigenvalue weighted by Gasteiger charge is -2.18. The molecule has 178 valence electrons. The van der Waals surface area contributed by atoms with E-state index in [4.69, 9.17) is 4.42 Å². The van der Waals surface area contributed by atoms with Crippen LogP contribution in [-0.4, -0.2) is 36.2 Å². The van der Waals surface area contributed by atoms with Crippen LogP contribution in [0.3, 0.4) is 0 Å². The average molecular weight is 492 g/mol. The molecule has 0 aliphatic rings. The molecule has 11 heteroatoms. The smallest absolute Gasteiger partial charge is 0.287 e. The number of anilines is 2. The molecule has 0 radical (unpaired) electrons. The quantitative estimate of drug-likeness (QED) is 0.327. The van der Waals surface area contributed by atoms with Gasteiger partial charge >= 0.3 is 0 Å². The first kappa shape index (κ1) is 23.6. The molecule has 2 aromatic heterocycles. The van der Waals surface area contributed by atoms with Gasteiger partial charge in [0, 0.05) is 24.5 Å². The highest BCUT2D eigenvalue weighted by Gasteiger charge is 2.23. The largest absolute Gasteiger partial charge is 0.459 e. The number of hydrogen-bond donors (Lipinski definition) is 3. The van der Waals surface area contributed by atoms with E-state index in [1.54, 1.807) is 12.1 Å². The van der Waals surface area contributed by atoms with E-state index in [0.717, 1.165) is 5.56 Å². The molecule has 35 heavy (non-hydrogen) atoms. The van der Waals surface area contributed by atoms with Gasteiger partial charge in [0.2, 0.25) is 11.9 Å². The minimum absolute atomic E-state index is 0.0325. The van der Waals surface area contributed by atoms with Crippen LogP contribution in [0.15, 0.2) is 101 Å². The molecule has 0 saturated carbocycles. The third-order valence-electron chi connectivity index (χ3n) is 4.87. The van der Waals surface area contributed by atoms with Gasteiger partial charge in [-0.2, -0.15) is 0 Å². The van der Waals surface area contributed by atoms with Gasteiger partial charge in [-0.05, 0) is 48.0 Å². The summed E-state index contributed by atoms with van der Waals surface area (Å²) >= 11 is 0. The summed E-state index contributed by atoms with van der Waals surface area (Å²) in [4.78, 5) is 33.2. The van der Waals surface area contributed by atoms with Crippen molar-refractivity contribution in [2.75, 3.05) is 10.0 Å². The lowest BCUT2D eigenvalue weighted by molar-refractivity contribution is -0.118. The van der Waals surface area contributed by atoms with Gasteiger partial charge in [-0.25, -0.2) is 23.1 Å². The lowest BCUT2D eigenvalue weighted by atomic mass is 10.0. The maximum absolute atomic E-state index is 13.0. The molecule has 3 N–H and O–H groups in total. The molecule has 2 aromatic carbocycles. The Hall–Kier alpha value is -4.51. The number of hydrogen-bond acceptors (Lipinski definition) is 7. The number of sulfonamides is 1. The zero-order valence-electron chi connectivity index (χ0n) is 18.3. The van der Waals surface area contributed by atoms with Crippen LogP contribution in [-0.2, 0) is 21.2 Å². The molecule has 4 rings (SSSR count).